The molecule has 0 aliphatic rings. The van der Waals surface area contributed by atoms with Crippen molar-refractivity contribution in [2.45, 2.75) is 19.1 Å². The van der Waals surface area contributed by atoms with Gasteiger partial charge in [0.2, 0.25) is 0 Å². The molecule has 3 N–H and O–H groups in total. The molecular weight excluding hydrogens is 319 g/mol. The number of hydrogen-bond acceptors (Lipinski definition) is 4. The standard InChI is InChI=1S/C16H19FN2O3S/c1-11(22-13-5-2-4-12(17)8-13)9-18-16(21)19-10-14(20)15-6-3-7-23-15/h2-8,11,14,20H,9-10H2,1H3,(H2,18,19,21)/t11-,14+/m1/s1. The Kier molecular flexibility index (Phi) is 6.37. The van der Waals surface area contributed by atoms with Crippen LogP contribution in [0, 0.1) is 5.82 Å². The maximum Gasteiger partial charge on any atom is 0.315 e. The van der Waals surface area contributed by atoms with E-state index in [1.165, 1.54) is 23.5 Å². The molecule has 0 unspecified atom stereocenters. The Bertz CT molecular complexity index is 622. The van der Waals surface area contributed by atoms with Crippen LogP contribution in [0.3, 0.4) is 0 Å². The molecule has 0 aliphatic carbocycles. The van der Waals surface area contributed by atoms with E-state index in [-0.39, 0.29) is 25.0 Å². The second-order valence-corrected chi connectivity index (χ2v) is 5.99. The van der Waals surface area contributed by atoms with Gasteiger partial charge in [0.15, 0.2) is 0 Å². The van der Waals surface area contributed by atoms with Crippen molar-refractivity contribution in [3.8, 4) is 5.75 Å². The van der Waals surface area contributed by atoms with E-state index >= 15 is 0 Å². The molecule has 0 spiro atoms. The van der Waals surface area contributed by atoms with Crippen LogP contribution in [0.4, 0.5) is 9.18 Å². The number of urea groups is 1. The molecule has 5 nitrogen and oxygen atoms in total. The fraction of sp³-hybridized carbons (Fsp3) is 0.312. The third-order valence-corrected chi connectivity index (χ3v) is 3.98. The predicted octanol–water partition coefficient (Wildman–Crippen LogP) is 2.69. The number of benzene rings is 1. The summed E-state index contributed by atoms with van der Waals surface area (Å²) in [6, 6.07) is 9.09. The third kappa shape index (κ3) is 5.88. The molecule has 2 atom stereocenters. The van der Waals surface area contributed by atoms with Gasteiger partial charge in [-0.1, -0.05) is 12.1 Å². The van der Waals surface area contributed by atoms with Gasteiger partial charge in [0.1, 0.15) is 23.8 Å². The normalized spacial score (nSPS) is 13.2. The molecule has 124 valence electrons. The monoisotopic (exact) mass is 338 g/mol. The lowest BCUT2D eigenvalue weighted by Gasteiger charge is -2.16. The van der Waals surface area contributed by atoms with Gasteiger partial charge in [-0.25, -0.2) is 9.18 Å². The fourth-order valence-electron chi connectivity index (χ4n) is 1.88. The maximum absolute atomic E-state index is 13.0. The molecule has 0 saturated carbocycles. The number of carbonyl (C=O) groups is 1. The van der Waals surface area contributed by atoms with E-state index in [2.05, 4.69) is 10.6 Å². The first-order valence-electron chi connectivity index (χ1n) is 7.20. The number of halogens is 1. The highest BCUT2D eigenvalue weighted by molar-refractivity contribution is 7.10. The van der Waals surface area contributed by atoms with Crippen LogP contribution in [-0.2, 0) is 0 Å². The van der Waals surface area contributed by atoms with Crippen LogP contribution in [0.5, 0.6) is 5.75 Å². The van der Waals surface area contributed by atoms with E-state index in [1.807, 2.05) is 17.5 Å². The summed E-state index contributed by atoms with van der Waals surface area (Å²) in [5, 5.41) is 17.0. The van der Waals surface area contributed by atoms with Crippen molar-refractivity contribution in [2.75, 3.05) is 13.1 Å². The third-order valence-electron chi connectivity index (χ3n) is 3.01. The number of carbonyl (C=O) groups excluding carboxylic acids is 1. The van der Waals surface area contributed by atoms with Crippen LogP contribution in [-0.4, -0.2) is 30.3 Å². The summed E-state index contributed by atoms with van der Waals surface area (Å²) in [5.74, 6) is 0.0378. The van der Waals surface area contributed by atoms with Gasteiger partial charge < -0.3 is 20.5 Å². The highest BCUT2D eigenvalue weighted by atomic mass is 32.1. The number of hydrogen-bond donors (Lipinski definition) is 3. The minimum absolute atomic E-state index is 0.130. The zero-order chi connectivity index (χ0) is 16.7. The number of ether oxygens (including phenoxy) is 1. The smallest absolute Gasteiger partial charge is 0.315 e. The molecule has 2 amide bonds. The second-order valence-electron chi connectivity index (χ2n) is 5.01. The molecule has 1 aromatic carbocycles. The number of amides is 2. The second kappa shape index (κ2) is 8.50. The van der Waals surface area contributed by atoms with Crippen LogP contribution < -0.4 is 15.4 Å². The lowest BCUT2D eigenvalue weighted by molar-refractivity contribution is 0.174. The summed E-state index contributed by atoms with van der Waals surface area (Å²) in [6.45, 7) is 2.16. The Morgan fingerprint density at radius 1 is 1.30 bits per heavy atom. The van der Waals surface area contributed by atoms with Gasteiger partial charge >= 0.3 is 6.03 Å². The minimum atomic E-state index is -0.721. The first-order chi connectivity index (χ1) is 11.0. The zero-order valence-corrected chi connectivity index (χ0v) is 13.5. The highest BCUT2D eigenvalue weighted by Crippen LogP contribution is 2.17. The highest BCUT2D eigenvalue weighted by Gasteiger charge is 2.11. The van der Waals surface area contributed by atoms with E-state index in [4.69, 9.17) is 4.74 Å². The van der Waals surface area contributed by atoms with Gasteiger partial charge in [-0.05, 0) is 30.5 Å². The summed E-state index contributed by atoms with van der Waals surface area (Å²) < 4.78 is 18.5. The lowest BCUT2D eigenvalue weighted by atomic mass is 10.3. The SMILES string of the molecule is C[C@H](CNC(=O)NC[C@H](O)c1cccs1)Oc1cccc(F)c1. The molecule has 1 heterocycles. The van der Waals surface area contributed by atoms with E-state index in [0.29, 0.717) is 5.75 Å². The van der Waals surface area contributed by atoms with Crippen LogP contribution in [0.2, 0.25) is 0 Å². The van der Waals surface area contributed by atoms with Gasteiger partial charge in [0.05, 0.1) is 13.1 Å². The van der Waals surface area contributed by atoms with Gasteiger partial charge in [0.25, 0.3) is 0 Å². The van der Waals surface area contributed by atoms with Crippen LogP contribution in [0.1, 0.15) is 17.9 Å². The Balaban J connectivity index is 1.67. The quantitative estimate of drug-likeness (QED) is 0.727. The number of aliphatic hydroxyl groups excluding tert-OH is 1. The summed E-state index contributed by atoms with van der Waals surface area (Å²) >= 11 is 1.43. The molecule has 7 heteroatoms. The van der Waals surface area contributed by atoms with E-state index < -0.39 is 12.1 Å². The Labute approximate surface area is 138 Å². The molecule has 0 saturated heterocycles. The van der Waals surface area contributed by atoms with Crippen molar-refractivity contribution in [1.29, 1.82) is 0 Å². The molecule has 23 heavy (non-hydrogen) atoms. The zero-order valence-electron chi connectivity index (χ0n) is 12.7. The first kappa shape index (κ1) is 17.2. The molecule has 1 aromatic heterocycles. The average Bonchev–Trinajstić information content (AvgIpc) is 3.05. The van der Waals surface area contributed by atoms with Crippen LogP contribution >= 0.6 is 11.3 Å². The first-order valence-corrected chi connectivity index (χ1v) is 8.08. The number of aliphatic hydroxyl groups is 1. The van der Waals surface area contributed by atoms with Crippen molar-refractivity contribution in [2.24, 2.45) is 0 Å². The van der Waals surface area contributed by atoms with Gasteiger partial charge in [-0.2, -0.15) is 0 Å². The molecule has 2 aromatic rings. The summed E-state index contributed by atoms with van der Waals surface area (Å²) in [6.07, 6.45) is -1.04. The molecule has 0 aliphatic heterocycles. The average molecular weight is 338 g/mol. The number of rotatable bonds is 7. The largest absolute Gasteiger partial charge is 0.489 e. The summed E-state index contributed by atoms with van der Waals surface area (Å²) in [4.78, 5) is 12.5. The summed E-state index contributed by atoms with van der Waals surface area (Å²) in [5.41, 5.74) is 0. The van der Waals surface area contributed by atoms with Crippen molar-refractivity contribution < 1.29 is 19.0 Å². The topological polar surface area (TPSA) is 70.6 Å². The van der Waals surface area contributed by atoms with Crippen molar-refractivity contribution in [3.63, 3.8) is 0 Å². The Morgan fingerprint density at radius 2 is 2.09 bits per heavy atom. The van der Waals surface area contributed by atoms with Gasteiger partial charge in [-0.3, -0.25) is 0 Å². The van der Waals surface area contributed by atoms with Crippen molar-refractivity contribution in [1.82, 2.24) is 10.6 Å². The van der Waals surface area contributed by atoms with Crippen LogP contribution in [0.15, 0.2) is 41.8 Å². The molecule has 0 radical (unpaired) electrons. The number of nitrogens with one attached hydrogen (secondary N) is 2. The van der Waals surface area contributed by atoms with Gasteiger partial charge in [-0.15, -0.1) is 11.3 Å². The molecule has 0 bridgehead atoms. The predicted molar refractivity (Wildman–Crippen MR) is 87.2 cm³/mol. The lowest BCUT2D eigenvalue weighted by Crippen LogP contribution is -2.41. The molecule has 0 fully saturated rings. The summed E-state index contributed by atoms with van der Waals surface area (Å²) in [7, 11) is 0. The van der Waals surface area contributed by atoms with Crippen LogP contribution in [0.25, 0.3) is 0 Å². The Morgan fingerprint density at radius 3 is 2.78 bits per heavy atom. The number of thiophene rings is 1. The van der Waals surface area contributed by atoms with Crippen molar-refractivity contribution >= 4 is 17.4 Å². The fourth-order valence-corrected chi connectivity index (χ4v) is 2.60. The Hall–Kier alpha value is -2.12. The van der Waals surface area contributed by atoms with E-state index in [1.54, 1.807) is 19.1 Å². The maximum atomic E-state index is 13.0. The van der Waals surface area contributed by atoms with Gasteiger partial charge in [0, 0.05) is 10.9 Å². The van der Waals surface area contributed by atoms with Crippen molar-refractivity contribution in [3.05, 3.63) is 52.5 Å². The molecule has 2 rings (SSSR count). The van der Waals surface area contributed by atoms with E-state index in [9.17, 15) is 14.3 Å². The minimum Gasteiger partial charge on any atom is -0.489 e. The molecular formula is C16H19FN2O3S. The van der Waals surface area contributed by atoms with E-state index in [0.717, 1.165) is 4.88 Å².